The Hall–Kier alpha value is -2.13. The van der Waals surface area contributed by atoms with E-state index in [1.807, 2.05) is 12.1 Å². The van der Waals surface area contributed by atoms with Crippen molar-refractivity contribution in [1.29, 1.82) is 0 Å². The highest BCUT2D eigenvalue weighted by Gasteiger charge is 2.24. The summed E-state index contributed by atoms with van der Waals surface area (Å²) in [5, 5.41) is 5.39. The van der Waals surface area contributed by atoms with Crippen molar-refractivity contribution in [2.24, 2.45) is 0 Å². The molecular weight excluding hydrogens is 254 g/mol. The molecule has 92 valence electrons. The zero-order chi connectivity index (χ0) is 12.8. The number of carbonyl (C=O) groups excluding carboxylic acids is 1. The summed E-state index contributed by atoms with van der Waals surface area (Å²) < 4.78 is 2.23. The maximum Gasteiger partial charge on any atom is 0.148 e. The Kier molecular flexibility index (Phi) is 2.23. The van der Waals surface area contributed by atoms with Gasteiger partial charge >= 0.3 is 0 Å². The number of aromatic nitrogens is 1. The third kappa shape index (κ3) is 1.45. The van der Waals surface area contributed by atoms with E-state index in [-0.39, 0.29) is 0 Å². The molecule has 3 aromatic rings. The zero-order valence-electron chi connectivity index (χ0n) is 10.2. The van der Waals surface area contributed by atoms with Gasteiger partial charge in [-0.1, -0.05) is 18.2 Å². The smallest absolute Gasteiger partial charge is 0.148 e. The van der Waals surface area contributed by atoms with Gasteiger partial charge in [-0.3, -0.25) is 4.79 Å². The van der Waals surface area contributed by atoms with Gasteiger partial charge in [0.1, 0.15) is 6.29 Å². The van der Waals surface area contributed by atoms with Gasteiger partial charge in [0.2, 0.25) is 0 Å². The molecule has 0 radical (unpaired) electrons. The van der Waals surface area contributed by atoms with E-state index < -0.39 is 0 Å². The lowest BCUT2D eigenvalue weighted by Gasteiger charge is -2.00. The molecule has 0 N–H and O–H groups in total. The van der Waals surface area contributed by atoms with Crippen molar-refractivity contribution in [1.82, 2.24) is 4.57 Å². The summed E-state index contributed by atoms with van der Waals surface area (Å²) in [5.74, 6) is 0. The van der Waals surface area contributed by atoms with Gasteiger partial charge in [-0.25, -0.2) is 0 Å². The molecule has 0 fully saturated rings. The number of benzene rings is 1. The molecular formula is C16H11NOS. The molecule has 0 saturated heterocycles. The Morgan fingerprint density at radius 2 is 2.11 bits per heavy atom. The summed E-state index contributed by atoms with van der Waals surface area (Å²) in [7, 11) is 0. The zero-order valence-corrected chi connectivity index (χ0v) is 11.0. The van der Waals surface area contributed by atoms with Gasteiger partial charge in [-0.05, 0) is 34.5 Å². The van der Waals surface area contributed by atoms with Gasteiger partial charge in [-0.2, -0.15) is 11.3 Å². The fraction of sp³-hybridized carbons (Fsp3) is 0.0625. The number of carbonyl (C=O) groups is 1. The van der Waals surface area contributed by atoms with Crippen molar-refractivity contribution in [3.63, 3.8) is 0 Å². The first kappa shape index (κ1) is 10.8. The second-order valence-corrected chi connectivity index (χ2v) is 5.48. The average Bonchev–Trinajstić information content (AvgIpc) is 3.12. The Morgan fingerprint density at radius 1 is 1.21 bits per heavy atom. The number of allylic oxidation sites excluding steroid dienone is 1. The molecule has 3 heteroatoms. The van der Waals surface area contributed by atoms with E-state index in [4.69, 9.17) is 0 Å². The third-order valence-electron chi connectivity index (χ3n) is 3.67. The van der Waals surface area contributed by atoms with Gasteiger partial charge in [-0.15, -0.1) is 0 Å². The van der Waals surface area contributed by atoms with Crippen LogP contribution < -0.4 is 0 Å². The predicted molar refractivity (Wildman–Crippen MR) is 78.3 cm³/mol. The van der Waals surface area contributed by atoms with Crippen LogP contribution in [-0.4, -0.2) is 10.9 Å². The van der Waals surface area contributed by atoms with Crippen molar-refractivity contribution in [2.45, 2.75) is 6.54 Å². The number of hydrogen-bond acceptors (Lipinski definition) is 2. The summed E-state index contributed by atoms with van der Waals surface area (Å²) in [5.41, 5.74) is 5.46. The van der Waals surface area contributed by atoms with Crippen molar-refractivity contribution in [2.75, 3.05) is 0 Å². The maximum absolute atomic E-state index is 11.3. The molecule has 1 aromatic carbocycles. The second kappa shape index (κ2) is 3.93. The minimum absolute atomic E-state index is 0.678. The number of para-hydroxylation sites is 1. The van der Waals surface area contributed by atoms with Crippen molar-refractivity contribution >= 4 is 34.1 Å². The van der Waals surface area contributed by atoms with Crippen LogP contribution in [0.1, 0.15) is 11.3 Å². The number of hydrogen-bond donors (Lipinski definition) is 0. The monoisotopic (exact) mass is 265 g/mol. The van der Waals surface area contributed by atoms with E-state index >= 15 is 0 Å². The quantitative estimate of drug-likeness (QED) is 0.647. The largest absolute Gasteiger partial charge is 0.336 e. The molecule has 0 amide bonds. The molecule has 1 aliphatic heterocycles. The highest BCUT2D eigenvalue weighted by Crippen LogP contribution is 2.37. The van der Waals surface area contributed by atoms with Crippen molar-refractivity contribution < 1.29 is 4.79 Å². The van der Waals surface area contributed by atoms with E-state index in [2.05, 4.69) is 39.6 Å². The lowest BCUT2D eigenvalue weighted by atomic mass is 10.0. The summed E-state index contributed by atoms with van der Waals surface area (Å²) in [6.07, 6.45) is 0.995. The van der Waals surface area contributed by atoms with Crippen LogP contribution in [0.5, 0.6) is 0 Å². The molecule has 1 aliphatic rings. The summed E-state index contributed by atoms with van der Waals surface area (Å²) in [6, 6.07) is 12.6. The minimum atomic E-state index is 0.678. The molecule has 3 heterocycles. The highest BCUT2D eigenvalue weighted by molar-refractivity contribution is 7.08. The van der Waals surface area contributed by atoms with Crippen LogP contribution in [0, 0.1) is 0 Å². The van der Waals surface area contributed by atoms with E-state index in [1.165, 1.54) is 10.9 Å². The molecule has 0 saturated carbocycles. The van der Waals surface area contributed by atoms with Crippen LogP contribution in [0.15, 0.2) is 52.7 Å². The molecule has 4 rings (SSSR count). The number of aldehydes is 1. The maximum atomic E-state index is 11.3. The second-order valence-electron chi connectivity index (χ2n) is 4.70. The first-order valence-corrected chi connectivity index (χ1v) is 7.12. The summed E-state index contributed by atoms with van der Waals surface area (Å²) in [6.45, 7) is 0.678. The number of fused-ring (bicyclic) bond motifs is 3. The van der Waals surface area contributed by atoms with Crippen molar-refractivity contribution in [3.05, 3.63) is 64.0 Å². The van der Waals surface area contributed by atoms with Crippen LogP contribution in [0.3, 0.4) is 0 Å². The lowest BCUT2D eigenvalue weighted by Crippen LogP contribution is -1.95. The summed E-state index contributed by atoms with van der Waals surface area (Å²) >= 11 is 1.66. The van der Waals surface area contributed by atoms with Gasteiger partial charge in [0.25, 0.3) is 0 Å². The SMILES string of the molecule is O=CC1=C(c2ccsc2)c2cc3ccccc3n2C1. The molecule has 2 nitrogen and oxygen atoms in total. The third-order valence-corrected chi connectivity index (χ3v) is 4.35. The van der Waals surface area contributed by atoms with Gasteiger partial charge in [0.05, 0.1) is 12.2 Å². The van der Waals surface area contributed by atoms with Gasteiger partial charge in [0, 0.05) is 22.0 Å². The molecule has 0 spiro atoms. The number of nitrogens with zero attached hydrogens (tertiary/aromatic N) is 1. The van der Waals surface area contributed by atoms with Crippen LogP contribution >= 0.6 is 11.3 Å². The lowest BCUT2D eigenvalue weighted by molar-refractivity contribution is -0.105. The topological polar surface area (TPSA) is 22.0 Å². The first-order valence-electron chi connectivity index (χ1n) is 6.18. The Labute approximate surface area is 114 Å². The van der Waals surface area contributed by atoms with E-state index in [0.29, 0.717) is 6.54 Å². The van der Waals surface area contributed by atoms with Crippen LogP contribution in [0.25, 0.3) is 16.5 Å². The fourth-order valence-corrected chi connectivity index (χ4v) is 3.48. The number of thiophene rings is 1. The molecule has 0 atom stereocenters. The highest BCUT2D eigenvalue weighted by atomic mass is 32.1. The van der Waals surface area contributed by atoms with E-state index in [9.17, 15) is 4.79 Å². The number of rotatable bonds is 2. The molecule has 19 heavy (non-hydrogen) atoms. The van der Waals surface area contributed by atoms with Crippen LogP contribution in [0.4, 0.5) is 0 Å². The first-order chi connectivity index (χ1) is 9.38. The Balaban J connectivity index is 2.03. The normalized spacial score (nSPS) is 14.1. The Bertz CT molecular complexity index is 809. The standard InChI is InChI=1S/C16H11NOS/c18-9-13-8-17-14-4-2-1-3-11(14)7-15(17)16(13)12-5-6-19-10-12/h1-7,9-10H,8H2. The predicted octanol–water partition coefficient (Wildman–Crippen LogP) is 3.72. The Morgan fingerprint density at radius 3 is 2.89 bits per heavy atom. The average molecular weight is 265 g/mol. The summed E-state index contributed by atoms with van der Waals surface area (Å²) in [4.78, 5) is 11.3. The molecule has 0 aliphatic carbocycles. The van der Waals surface area contributed by atoms with E-state index in [1.54, 1.807) is 11.3 Å². The molecule has 0 unspecified atom stereocenters. The molecule has 2 aromatic heterocycles. The fourth-order valence-electron chi connectivity index (χ4n) is 2.84. The van der Waals surface area contributed by atoms with Gasteiger partial charge < -0.3 is 4.57 Å². The van der Waals surface area contributed by atoms with Crippen molar-refractivity contribution in [3.8, 4) is 0 Å². The van der Waals surface area contributed by atoms with E-state index in [0.717, 1.165) is 28.7 Å². The van der Waals surface area contributed by atoms with Gasteiger partial charge in [0.15, 0.2) is 0 Å². The minimum Gasteiger partial charge on any atom is -0.336 e. The van der Waals surface area contributed by atoms with Crippen LogP contribution in [0.2, 0.25) is 0 Å². The molecule has 0 bridgehead atoms. The van der Waals surface area contributed by atoms with Crippen LogP contribution in [-0.2, 0) is 11.3 Å².